The van der Waals surface area contributed by atoms with E-state index in [-0.39, 0.29) is 18.0 Å². The van der Waals surface area contributed by atoms with E-state index in [4.69, 9.17) is 4.74 Å². The largest absolute Gasteiger partial charge is 0.496 e. The van der Waals surface area contributed by atoms with E-state index in [0.29, 0.717) is 25.9 Å². The Labute approximate surface area is 185 Å². The van der Waals surface area contributed by atoms with Gasteiger partial charge in [0, 0.05) is 47.1 Å². The number of aromatic nitrogens is 1. The highest BCUT2D eigenvalue weighted by Gasteiger charge is 2.71. The quantitative estimate of drug-likeness (QED) is 0.546. The van der Waals surface area contributed by atoms with Gasteiger partial charge in [0.2, 0.25) is 0 Å². The van der Waals surface area contributed by atoms with Gasteiger partial charge in [-0.15, -0.1) is 0 Å². The number of ether oxygens (including phenoxy) is 1. The van der Waals surface area contributed by atoms with Crippen molar-refractivity contribution in [3.05, 3.63) is 64.8 Å². The number of piperidine rings is 1. The summed E-state index contributed by atoms with van der Waals surface area (Å²) in [6, 6.07) is 10.4. The van der Waals surface area contributed by atoms with Crippen molar-refractivity contribution in [1.29, 1.82) is 0 Å². The number of likely N-dealkylation sites (tertiary alicyclic amines) is 1. The highest BCUT2D eigenvalue weighted by atomic mass is 19.3. The highest BCUT2D eigenvalue weighted by Crippen LogP contribution is 2.68. The van der Waals surface area contributed by atoms with Crippen molar-refractivity contribution >= 4 is 16.9 Å². The van der Waals surface area contributed by atoms with Crippen molar-refractivity contribution in [3.63, 3.8) is 0 Å². The first-order valence-corrected chi connectivity index (χ1v) is 10.8. The number of hydrogen-bond acceptors (Lipinski definition) is 3. The van der Waals surface area contributed by atoms with Crippen LogP contribution in [-0.4, -0.2) is 40.5 Å². The number of aryl methyl sites for hydroxylation is 1. The van der Waals surface area contributed by atoms with Gasteiger partial charge in [-0.05, 0) is 61.7 Å². The molecule has 1 saturated carbocycles. The second-order valence-electron chi connectivity index (χ2n) is 9.17. The molecule has 2 fully saturated rings. The molecule has 2 aliphatic rings. The minimum Gasteiger partial charge on any atom is -0.496 e. The fourth-order valence-electron chi connectivity index (χ4n) is 5.34. The van der Waals surface area contributed by atoms with Crippen LogP contribution in [0.3, 0.4) is 0 Å². The smallest absolute Gasteiger partial charge is 0.335 e. The van der Waals surface area contributed by atoms with Crippen LogP contribution in [-0.2, 0) is 6.54 Å². The summed E-state index contributed by atoms with van der Waals surface area (Å²) in [5.41, 5.74) is 3.28. The Morgan fingerprint density at radius 2 is 2.00 bits per heavy atom. The number of benzene rings is 2. The zero-order chi connectivity index (χ0) is 22.7. The van der Waals surface area contributed by atoms with E-state index in [1.54, 1.807) is 31.4 Å². The Balaban J connectivity index is 1.52. The maximum absolute atomic E-state index is 14.3. The predicted octanol–water partition coefficient (Wildman–Crippen LogP) is 5.55. The maximum Gasteiger partial charge on any atom is 0.335 e. The number of methoxy groups -OCH3 is 1. The molecule has 1 aliphatic carbocycles. The molecule has 2 heterocycles. The molecular formula is C25H26F2N2O3. The van der Waals surface area contributed by atoms with Gasteiger partial charge in [0.05, 0.1) is 12.7 Å². The van der Waals surface area contributed by atoms with Crippen LogP contribution in [0.25, 0.3) is 10.9 Å². The van der Waals surface area contributed by atoms with Crippen LogP contribution in [0.4, 0.5) is 8.78 Å². The molecule has 5 nitrogen and oxygen atoms in total. The van der Waals surface area contributed by atoms with Gasteiger partial charge in [-0.1, -0.05) is 12.1 Å². The third-order valence-corrected chi connectivity index (χ3v) is 7.35. The highest BCUT2D eigenvalue weighted by molar-refractivity contribution is 5.88. The molecule has 0 amide bonds. The van der Waals surface area contributed by atoms with Gasteiger partial charge in [-0.2, -0.15) is 0 Å². The number of rotatable bonds is 5. The summed E-state index contributed by atoms with van der Waals surface area (Å²) in [5, 5.41) is 10.3. The Hall–Kier alpha value is -2.93. The molecule has 1 aliphatic heterocycles. The van der Waals surface area contributed by atoms with Crippen LogP contribution in [0.1, 0.15) is 52.4 Å². The molecule has 2 N–H and O–H groups in total. The number of hydrogen-bond donors (Lipinski definition) is 2. The summed E-state index contributed by atoms with van der Waals surface area (Å²) < 4.78 is 34.3. The van der Waals surface area contributed by atoms with Crippen molar-refractivity contribution in [3.8, 4) is 5.75 Å². The second-order valence-corrected chi connectivity index (χ2v) is 9.17. The molecule has 3 aromatic rings. The van der Waals surface area contributed by atoms with E-state index in [2.05, 4.69) is 9.88 Å². The number of fused-ring (bicyclic) bond motifs is 1. The molecule has 7 heteroatoms. The molecule has 32 heavy (non-hydrogen) atoms. The first-order chi connectivity index (χ1) is 15.2. The molecule has 1 spiro atoms. The standard InChI is InChI=1S/C25H26F2N2O3/c1-15-11-21(32-2)19(18-7-9-28-22(15)18)13-29-10-8-24(14-25(24,26)27)12-20(29)16-3-5-17(6-4-16)23(30)31/h3-7,9,11,20,28H,8,10,12-14H2,1-2H3,(H,30,31)/t20-,24-/m0/s1. The number of halogens is 2. The van der Waals surface area contributed by atoms with Crippen LogP contribution < -0.4 is 4.74 Å². The van der Waals surface area contributed by atoms with Crippen molar-refractivity contribution in [2.75, 3.05) is 13.7 Å². The first-order valence-electron chi connectivity index (χ1n) is 10.8. The second kappa shape index (κ2) is 7.30. The van der Waals surface area contributed by atoms with Gasteiger partial charge in [0.25, 0.3) is 5.92 Å². The lowest BCUT2D eigenvalue weighted by Crippen LogP contribution is -2.39. The molecule has 0 radical (unpaired) electrons. The number of nitrogens with zero attached hydrogens (tertiary/aromatic N) is 1. The summed E-state index contributed by atoms with van der Waals surface area (Å²) in [6.07, 6.45) is 2.65. The average Bonchev–Trinajstić information content (AvgIpc) is 3.09. The zero-order valence-corrected chi connectivity index (χ0v) is 18.1. The lowest BCUT2D eigenvalue weighted by Gasteiger charge is -2.40. The van der Waals surface area contributed by atoms with Gasteiger partial charge in [0.15, 0.2) is 0 Å². The van der Waals surface area contributed by atoms with Gasteiger partial charge in [-0.3, -0.25) is 4.90 Å². The zero-order valence-electron chi connectivity index (χ0n) is 18.1. The molecule has 168 valence electrons. The normalized spacial score (nSPS) is 24.7. The van der Waals surface area contributed by atoms with Crippen LogP contribution >= 0.6 is 0 Å². The third-order valence-electron chi connectivity index (χ3n) is 7.35. The van der Waals surface area contributed by atoms with Crippen molar-refractivity contribution < 1.29 is 23.4 Å². The SMILES string of the molecule is COc1cc(C)c2[nH]ccc2c1CN1CC[C@]2(C[C@H]1c1ccc(C(=O)O)cc1)CC2(F)F. The van der Waals surface area contributed by atoms with Crippen molar-refractivity contribution in [1.82, 2.24) is 9.88 Å². The van der Waals surface area contributed by atoms with E-state index in [1.165, 1.54) is 0 Å². The fraction of sp³-hybridized carbons (Fsp3) is 0.400. The molecule has 0 unspecified atom stereocenters. The number of carbonyl (C=O) groups is 1. The summed E-state index contributed by atoms with van der Waals surface area (Å²) in [4.78, 5) is 16.8. The number of nitrogens with one attached hydrogen (secondary N) is 1. The molecule has 2 atom stereocenters. The van der Waals surface area contributed by atoms with Crippen molar-refractivity contribution in [2.45, 2.75) is 44.7 Å². The van der Waals surface area contributed by atoms with Gasteiger partial charge >= 0.3 is 5.97 Å². The minimum absolute atomic E-state index is 0.0620. The molecule has 1 saturated heterocycles. The first kappa shape index (κ1) is 20.9. The molecular weight excluding hydrogens is 414 g/mol. The van der Waals surface area contributed by atoms with E-state index in [1.807, 2.05) is 25.3 Å². The lowest BCUT2D eigenvalue weighted by atomic mass is 9.83. The molecule has 5 rings (SSSR count). The predicted molar refractivity (Wildman–Crippen MR) is 117 cm³/mol. The topological polar surface area (TPSA) is 65.6 Å². The Morgan fingerprint density at radius 3 is 2.62 bits per heavy atom. The summed E-state index contributed by atoms with van der Waals surface area (Å²) >= 11 is 0. The van der Waals surface area contributed by atoms with E-state index < -0.39 is 17.3 Å². The Bertz CT molecular complexity index is 1190. The van der Waals surface area contributed by atoms with Gasteiger partial charge < -0.3 is 14.8 Å². The summed E-state index contributed by atoms with van der Waals surface area (Å²) in [5.74, 6) is -2.83. The average molecular weight is 440 g/mol. The Kier molecular flexibility index (Phi) is 4.78. The van der Waals surface area contributed by atoms with E-state index >= 15 is 0 Å². The lowest BCUT2D eigenvalue weighted by molar-refractivity contribution is 0.00632. The van der Waals surface area contributed by atoms with Crippen LogP contribution in [0.5, 0.6) is 5.75 Å². The van der Waals surface area contributed by atoms with Gasteiger partial charge in [0.1, 0.15) is 5.75 Å². The molecule has 0 bridgehead atoms. The van der Waals surface area contributed by atoms with Gasteiger partial charge in [-0.25, -0.2) is 13.6 Å². The minimum atomic E-state index is -2.62. The van der Waals surface area contributed by atoms with Crippen LogP contribution in [0.15, 0.2) is 42.6 Å². The number of alkyl halides is 2. The van der Waals surface area contributed by atoms with E-state index in [0.717, 1.165) is 33.3 Å². The number of H-pyrrole nitrogens is 1. The maximum atomic E-state index is 14.3. The molecule has 1 aromatic heterocycles. The summed E-state index contributed by atoms with van der Waals surface area (Å²) in [6.45, 7) is 3.13. The van der Waals surface area contributed by atoms with Crippen molar-refractivity contribution in [2.24, 2.45) is 5.41 Å². The number of aromatic amines is 1. The summed E-state index contributed by atoms with van der Waals surface area (Å²) in [7, 11) is 1.65. The van der Waals surface area contributed by atoms with E-state index in [9.17, 15) is 18.7 Å². The van der Waals surface area contributed by atoms with Crippen LogP contribution in [0, 0.1) is 12.3 Å². The monoisotopic (exact) mass is 440 g/mol. The number of carboxylic acid groups (broad SMARTS) is 1. The van der Waals surface area contributed by atoms with Crippen LogP contribution in [0.2, 0.25) is 0 Å². The fourth-order valence-corrected chi connectivity index (χ4v) is 5.34. The molecule has 2 aromatic carbocycles. The number of aromatic carboxylic acids is 1. The Morgan fingerprint density at radius 1 is 1.28 bits per heavy atom. The third kappa shape index (κ3) is 3.26. The number of carboxylic acids is 1.